The lowest BCUT2D eigenvalue weighted by Crippen LogP contribution is -2.25. The number of carbonyl (C=O) groups excluding carboxylic acids is 1. The summed E-state index contributed by atoms with van der Waals surface area (Å²) in [4.78, 5) is 25.5. The van der Waals surface area contributed by atoms with Crippen LogP contribution in [0.5, 0.6) is 0 Å². The summed E-state index contributed by atoms with van der Waals surface area (Å²) in [6, 6.07) is 9.94. The van der Waals surface area contributed by atoms with E-state index in [-0.39, 0.29) is 6.03 Å². The number of pyridine rings is 2. The van der Waals surface area contributed by atoms with E-state index in [0.717, 1.165) is 41.4 Å². The van der Waals surface area contributed by atoms with Gasteiger partial charge in [0.15, 0.2) is 0 Å². The Balaban J connectivity index is 1.39. The van der Waals surface area contributed by atoms with Crippen molar-refractivity contribution in [2.45, 2.75) is 19.4 Å². The number of rotatable bonds is 3. The number of carbonyl (C=O) groups is 1. The van der Waals surface area contributed by atoms with E-state index >= 15 is 0 Å². The van der Waals surface area contributed by atoms with Crippen molar-refractivity contribution in [1.29, 1.82) is 0 Å². The maximum absolute atomic E-state index is 12.7. The van der Waals surface area contributed by atoms with Crippen LogP contribution in [0.4, 0.5) is 16.3 Å². The fraction of sp³-hybridized carbons (Fsp3) is 0.250. The highest BCUT2D eigenvalue weighted by molar-refractivity contribution is 5.97. The van der Waals surface area contributed by atoms with Gasteiger partial charge in [-0.2, -0.15) is 0 Å². The van der Waals surface area contributed by atoms with E-state index in [2.05, 4.69) is 33.1 Å². The first-order valence-electron chi connectivity index (χ1n) is 8.94. The summed E-state index contributed by atoms with van der Waals surface area (Å²) in [6.07, 6.45) is 9.71. The summed E-state index contributed by atoms with van der Waals surface area (Å²) in [7, 11) is 0. The molecule has 1 fully saturated rings. The van der Waals surface area contributed by atoms with Crippen LogP contribution in [-0.4, -0.2) is 33.7 Å². The first kappa shape index (κ1) is 15.1. The molecule has 0 radical (unpaired) electrons. The summed E-state index contributed by atoms with van der Waals surface area (Å²) in [5, 5.41) is 0. The highest BCUT2D eigenvalue weighted by atomic mass is 16.2. The van der Waals surface area contributed by atoms with E-state index < -0.39 is 0 Å². The summed E-state index contributed by atoms with van der Waals surface area (Å²) in [6.45, 7) is 2.74. The zero-order valence-electron chi connectivity index (χ0n) is 14.4. The first-order chi connectivity index (χ1) is 12.8. The van der Waals surface area contributed by atoms with E-state index in [1.807, 2.05) is 24.5 Å². The molecule has 2 aliphatic heterocycles. The smallest absolute Gasteiger partial charge is 0.333 e. The van der Waals surface area contributed by atoms with Crippen molar-refractivity contribution in [3.05, 3.63) is 60.8 Å². The molecule has 1 saturated heterocycles. The van der Waals surface area contributed by atoms with Crippen LogP contribution in [0, 0.1) is 0 Å². The number of amides is 1. The van der Waals surface area contributed by atoms with Gasteiger partial charge in [-0.3, -0.25) is 14.5 Å². The predicted octanol–water partition coefficient (Wildman–Crippen LogP) is 3.53. The Morgan fingerprint density at radius 2 is 1.88 bits per heavy atom. The SMILES string of the molecule is O=C1N(c2cccnc2)Cc2cc(-c3ccc(N4CCCC4)nc3)cn21. The number of aromatic nitrogens is 3. The summed E-state index contributed by atoms with van der Waals surface area (Å²) >= 11 is 0. The first-order valence-corrected chi connectivity index (χ1v) is 8.94. The van der Waals surface area contributed by atoms with Gasteiger partial charge in [-0.05, 0) is 43.2 Å². The van der Waals surface area contributed by atoms with Crippen molar-refractivity contribution in [3.8, 4) is 11.1 Å². The van der Waals surface area contributed by atoms with Crippen LogP contribution >= 0.6 is 0 Å². The summed E-state index contributed by atoms with van der Waals surface area (Å²) < 4.78 is 1.72. The minimum atomic E-state index is -0.0408. The number of fused-ring (bicyclic) bond motifs is 1. The third-order valence-electron chi connectivity index (χ3n) is 5.13. The Kier molecular flexibility index (Phi) is 3.48. The lowest BCUT2D eigenvalue weighted by atomic mass is 10.1. The molecular weight excluding hydrogens is 326 g/mol. The van der Waals surface area contributed by atoms with Gasteiger partial charge in [0.25, 0.3) is 0 Å². The van der Waals surface area contributed by atoms with E-state index in [0.29, 0.717) is 6.54 Å². The van der Waals surface area contributed by atoms with Gasteiger partial charge >= 0.3 is 6.03 Å². The van der Waals surface area contributed by atoms with Crippen molar-refractivity contribution < 1.29 is 4.79 Å². The second-order valence-corrected chi connectivity index (χ2v) is 6.77. The zero-order valence-corrected chi connectivity index (χ0v) is 14.4. The van der Waals surface area contributed by atoms with Crippen molar-refractivity contribution >= 4 is 17.5 Å². The monoisotopic (exact) mass is 345 g/mol. The van der Waals surface area contributed by atoms with Crippen LogP contribution in [0.15, 0.2) is 55.1 Å². The molecule has 1 amide bonds. The highest BCUT2D eigenvalue weighted by Gasteiger charge is 2.29. The number of hydrogen-bond acceptors (Lipinski definition) is 4. The molecule has 130 valence electrons. The Morgan fingerprint density at radius 1 is 1.00 bits per heavy atom. The Labute approximate surface area is 151 Å². The van der Waals surface area contributed by atoms with E-state index in [1.54, 1.807) is 21.9 Å². The number of nitrogens with zero attached hydrogens (tertiary/aromatic N) is 5. The Morgan fingerprint density at radius 3 is 2.58 bits per heavy atom. The van der Waals surface area contributed by atoms with Crippen LogP contribution < -0.4 is 9.80 Å². The third-order valence-corrected chi connectivity index (χ3v) is 5.13. The van der Waals surface area contributed by atoms with Gasteiger partial charge in [0.05, 0.1) is 18.4 Å². The molecule has 5 heterocycles. The van der Waals surface area contributed by atoms with Gasteiger partial charge in [0, 0.05) is 48.5 Å². The van der Waals surface area contributed by atoms with Gasteiger partial charge in [-0.1, -0.05) is 0 Å². The van der Waals surface area contributed by atoms with Gasteiger partial charge < -0.3 is 4.90 Å². The van der Waals surface area contributed by atoms with Crippen molar-refractivity contribution in [2.24, 2.45) is 0 Å². The summed E-state index contributed by atoms with van der Waals surface area (Å²) in [5.41, 5.74) is 3.87. The van der Waals surface area contributed by atoms with Crippen LogP contribution in [0.3, 0.4) is 0 Å². The van der Waals surface area contributed by atoms with Gasteiger partial charge in [0.2, 0.25) is 0 Å². The molecule has 3 aromatic heterocycles. The van der Waals surface area contributed by atoms with E-state index in [4.69, 9.17) is 0 Å². The number of hydrogen-bond donors (Lipinski definition) is 0. The summed E-state index contributed by atoms with van der Waals surface area (Å²) in [5.74, 6) is 1.04. The maximum Gasteiger partial charge on any atom is 0.333 e. The standard InChI is InChI=1S/C20H19N5O/c26-20-24-13-16(10-18(24)14-25(20)17-4-3-7-21-12-17)15-5-6-19(22-11-15)23-8-1-2-9-23/h3-7,10-13H,1-2,8-9,14H2. The molecule has 0 bridgehead atoms. The molecule has 6 nitrogen and oxygen atoms in total. The topological polar surface area (TPSA) is 54.3 Å². The highest BCUT2D eigenvalue weighted by Crippen LogP contribution is 2.30. The molecule has 3 aromatic rings. The average molecular weight is 345 g/mol. The molecule has 0 unspecified atom stereocenters. The molecule has 5 rings (SSSR count). The quantitative estimate of drug-likeness (QED) is 0.729. The fourth-order valence-corrected chi connectivity index (χ4v) is 3.73. The van der Waals surface area contributed by atoms with Crippen LogP contribution in [0.2, 0.25) is 0 Å². The maximum atomic E-state index is 12.7. The molecule has 0 N–H and O–H groups in total. The molecule has 6 heteroatoms. The van der Waals surface area contributed by atoms with Gasteiger partial charge in [0.1, 0.15) is 5.82 Å². The van der Waals surface area contributed by atoms with Crippen LogP contribution in [-0.2, 0) is 6.54 Å². The van der Waals surface area contributed by atoms with Gasteiger partial charge in [-0.15, -0.1) is 0 Å². The fourth-order valence-electron chi connectivity index (χ4n) is 3.73. The molecule has 0 saturated carbocycles. The average Bonchev–Trinajstić information content (AvgIpc) is 3.41. The third kappa shape index (κ3) is 2.45. The van der Waals surface area contributed by atoms with E-state index in [1.165, 1.54) is 12.8 Å². The lowest BCUT2D eigenvalue weighted by molar-refractivity contribution is 0.251. The second kappa shape index (κ2) is 5.98. The Hall–Kier alpha value is -3.15. The largest absolute Gasteiger partial charge is 0.357 e. The molecule has 2 aliphatic rings. The molecule has 0 aliphatic carbocycles. The van der Waals surface area contributed by atoms with Gasteiger partial charge in [-0.25, -0.2) is 9.78 Å². The van der Waals surface area contributed by atoms with Crippen LogP contribution in [0.1, 0.15) is 18.5 Å². The molecule has 26 heavy (non-hydrogen) atoms. The minimum Gasteiger partial charge on any atom is -0.357 e. The van der Waals surface area contributed by atoms with Crippen LogP contribution in [0.25, 0.3) is 11.1 Å². The van der Waals surface area contributed by atoms with Crippen molar-refractivity contribution in [1.82, 2.24) is 14.5 Å². The van der Waals surface area contributed by atoms with E-state index in [9.17, 15) is 4.79 Å². The number of anilines is 2. The molecule has 0 spiro atoms. The minimum absolute atomic E-state index is 0.0408. The lowest BCUT2D eigenvalue weighted by Gasteiger charge is -2.16. The second-order valence-electron chi connectivity index (χ2n) is 6.77. The predicted molar refractivity (Wildman–Crippen MR) is 100 cm³/mol. The van der Waals surface area contributed by atoms with Crippen molar-refractivity contribution in [3.63, 3.8) is 0 Å². The molecule has 0 atom stereocenters. The normalized spacial score (nSPS) is 16.4. The zero-order chi connectivity index (χ0) is 17.5. The van der Waals surface area contributed by atoms with Crippen molar-refractivity contribution in [2.75, 3.05) is 22.9 Å². The molecule has 0 aromatic carbocycles. The Bertz CT molecular complexity index is 942. The molecular formula is C20H19N5O.